The normalized spacial score (nSPS) is 11.7. The number of benzene rings is 2. The number of nitrogens with one attached hydrogen (secondary N) is 1. The van der Waals surface area contributed by atoms with Gasteiger partial charge in [0, 0.05) is 31.4 Å². The van der Waals surface area contributed by atoms with E-state index in [-0.39, 0.29) is 17.7 Å². The molecule has 1 amide bonds. The van der Waals surface area contributed by atoms with Crippen LogP contribution < -0.4 is 10.1 Å². The highest BCUT2D eigenvalue weighted by Crippen LogP contribution is 2.20. The molecule has 0 aliphatic rings. The third-order valence-electron chi connectivity index (χ3n) is 4.63. The van der Waals surface area contributed by atoms with Crippen LogP contribution in [-0.4, -0.2) is 27.8 Å². The molecule has 3 rings (SSSR count). The van der Waals surface area contributed by atoms with Crippen molar-refractivity contribution in [3.8, 4) is 5.75 Å². The lowest BCUT2D eigenvalue weighted by Gasteiger charge is -2.19. The molecule has 1 atom stereocenters. The quantitative estimate of drug-likeness (QED) is 0.446. The number of hydrogen-bond donors (Lipinski definition) is 1. The number of ketones is 1. The van der Waals surface area contributed by atoms with Gasteiger partial charge in [-0.3, -0.25) is 9.59 Å². The summed E-state index contributed by atoms with van der Waals surface area (Å²) in [6.45, 7) is 1.95. The van der Waals surface area contributed by atoms with E-state index in [0.717, 1.165) is 11.4 Å². The van der Waals surface area contributed by atoms with Crippen molar-refractivity contribution in [1.29, 1.82) is 0 Å². The zero-order valence-corrected chi connectivity index (χ0v) is 16.7. The maximum Gasteiger partial charge on any atom is 0.220 e. The van der Waals surface area contributed by atoms with E-state index >= 15 is 0 Å². The van der Waals surface area contributed by atoms with Crippen LogP contribution in [0.1, 0.15) is 47.6 Å². The number of imidazole rings is 1. The number of ether oxygens (including phenoxy) is 1. The third kappa shape index (κ3) is 5.54. The van der Waals surface area contributed by atoms with E-state index in [9.17, 15) is 9.59 Å². The van der Waals surface area contributed by atoms with Gasteiger partial charge in [0.2, 0.25) is 5.91 Å². The predicted octanol–water partition coefficient (Wildman–Crippen LogP) is 3.69. The Morgan fingerprint density at radius 1 is 1.10 bits per heavy atom. The van der Waals surface area contributed by atoms with Crippen molar-refractivity contribution >= 4 is 11.7 Å². The number of aromatic nitrogens is 2. The molecule has 150 valence electrons. The second-order valence-corrected chi connectivity index (χ2v) is 6.84. The number of carbonyl (C=O) groups is 2. The number of hydrogen-bond acceptors (Lipinski definition) is 4. The van der Waals surface area contributed by atoms with Gasteiger partial charge in [-0.2, -0.15) is 0 Å². The highest BCUT2D eigenvalue weighted by Gasteiger charge is 2.20. The van der Waals surface area contributed by atoms with E-state index in [1.54, 1.807) is 30.5 Å². The molecule has 0 aliphatic carbocycles. The fraction of sp³-hybridized carbons (Fsp3) is 0.261. The largest absolute Gasteiger partial charge is 0.494 e. The van der Waals surface area contributed by atoms with Crippen LogP contribution >= 0.6 is 0 Å². The second-order valence-electron chi connectivity index (χ2n) is 6.84. The SMILES string of the molecule is CC(=O)c1ccc(OCCCC(=O)N[C@H](c2ccccc2)c2nccn2C)cc1. The summed E-state index contributed by atoms with van der Waals surface area (Å²) < 4.78 is 7.57. The van der Waals surface area contributed by atoms with Gasteiger partial charge in [-0.25, -0.2) is 4.98 Å². The van der Waals surface area contributed by atoms with Gasteiger partial charge >= 0.3 is 0 Å². The molecule has 0 spiro atoms. The lowest BCUT2D eigenvalue weighted by Crippen LogP contribution is -2.31. The summed E-state index contributed by atoms with van der Waals surface area (Å²) in [5, 5.41) is 3.08. The minimum Gasteiger partial charge on any atom is -0.494 e. The van der Waals surface area contributed by atoms with Gasteiger partial charge in [0.15, 0.2) is 5.78 Å². The Bertz CT molecular complexity index is 949. The van der Waals surface area contributed by atoms with Crippen molar-refractivity contribution in [3.05, 3.63) is 83.9 Å². The number of aryl methyl sites for hydroxylation is 1. The molecule has 1 heterocycles. The molecule has 3 aromatic rings. The third-order valence-corrected chi connectivity index (χ3v) is 4.63. The highest BCUT2D eigenvalue weighted by molar-refractivity contribution is 5.94. The Hall–Kier alpha value is -3.41. The lowest BCUT2D eigenvalue weighted by molar-refractivity contribution is -0.121. The van der Waals surface area contributed by atoms with Crippen molar-refractivity contribution in [2.45, 2.75) is 25.8 Å². The Morgan fingerprint density at radius 3 is 2.45 bits per heavy atom. The molecular weight excluding hydrogens is 366 g/mol. The zero-order valence-electron chi connectivity index (χ0n) is 16.7. The van der Waals surface area contributed by atoms with E-state index in [4.69, 9.17) is 4.74 Å². The molecule has 6 nitrogen and oxygen atoms in total. The maximum absolute atomic E-state index is 12.5. The molecule has 0 saturated heterocycles. The zero-order chi connectivity index (χ0) is 20.6. The van der Waals surface area contributed by atoms with Gasteiger partial charge in [0.05, 0.1) is 6.61 Å². The van der Waals surface area contributed by atoms with Gasteiger partial charge in [0.25, 0.3) is 0 Å². The summed E-state index contributed by atoms with van der Waals surface area (Å²) in [5.74, 6) is 1.43. The first-order chi connectivity index (χ1) is 14.0. The molecule has 2 aromatic carbocycles. The molecule has 0 bridgehead atoms. The molecule has 0 fully saturated rings. The summed E-state index contributed by atoms with van der Waals surface area (Å²) in [7, 11) is 1.91. The monoisotopic (exact) mass is 391 g/mol. The van der Waals surface area contributed by atoms with E-state index in [1.165, 1.54) is 6.92 Å². The molecular formula is C23H25N3O3. The maximum atomic E-state index is 12.5. The van der Waals surface area contributed by atoms with Gasteiger partial charge in [-0.15, -0.1) is 0 Å². The van der Waals surface area contributed by atoms with Gasteiger partial charge < -0.3 is 14.6 Å². The Labute approximate surface area is 170 Å². The molecule has 6 heteroatoms. The van der Waals surface area contributed by atoms with Crippen molar-refractivity contribution in [2.75, 3.05) is 6.61 Å². The first-order valence-electron chi connectivity index (χ1n) is 9.60. The van der Waals surface area contributed by atoms with Crippen molar-refractivity contribution in [2.24, 2.45) is 7.05 Å². The van der Waals surface area contributed by atoms with E-state index < -0.39 is 0 Å². The number of rotatable bonds is 9. The van der Waals surface area contributed by atoms with Crippen LogP contribution in [0, 0.1) is 0 Å². The van der Waals surface area contributed by atoms with Crippen molar-refractivity contribution in [3.63, 3.8) is 0 Å². The Morgan fingerprint density at radius 2 is 1.83 bits per heavy atom. The smallest absolute Gasteiger partial charge is 0.220 e. The molecule has 0 unspecified atom stereocenters. The minimum atomic E-state index is -0.302. The average molecular weight is 391 g/mol. The number of carbonyl (C=O) groups excluding carboxylic acids is 2. The molecule has 0 aliphatic heterocycles. The lowest BCUT2D eigenvalue weighted by atomic mass is 10.1. The van der Waals surface area contributed by atoms with Crippen molar-refractivity contribution < 1.29 is 14.3 Å². The van der Waals surface area contributed by atoms with E-state index in [2.05, 4.69) is 10.3 Å². The molecule has 0 saturated carbocycles. The van der Waals surface area contributed by atoms with E-state index in [1.807, 2.05) is 48.1 Å². The number of Topliss-reactive ketones (excluding diaryl/α,β-unsaturated/α-hetero) is 1. The first kappa shape index (κ1) is 20.3. The summed E-state index contributed by atoms with van der Waals surface area (Å²) in [6.07, 6.45) is 4.52. The fourth-order valence-corrected chi connectivity index (χ4v) is 3.04. The van der Waals surface area contributed by atoms with Crippen LogP contribution in [0.2, 0.25) is 0 Å². The van der Waals surface area contributed by atoms with Crippen LogP contribution in [-0.2, 0) is 11.8 Å². The summed E-state index contributed by atoms with van der Waals surface area (Å²) in [5.41, 5.74) is 1.63. The van der Waals surface area contributed by atoms with Gasteiger partial charge in [-0.1, -0.05) is 30.3 Å². The van der Waals surface area contributed by atoms with Crippen molar-refractivity contribution in [1.82, 2.24) is 14.9 Å². The summed E-state index contributed by atoms with van der Waals surface area (Å²) in [6, 6.07) is 16.5. The topological polar surface area (TPSA) is 73.2 Å². The van der Waals surface area contributed by atoms with Gasteiger partial charge in [-0.05, 0) is 43.2 Å². The van der Waals surface area contributed by atoms with Crippen LogP contribution in [0.15, 0.2) is 67.0 Å². The summed E-state index contributed by atoms with van der Waals surface area (Å²) >= 11 is 0. The highest BCUT2D eigenvalue weighted by atomic mass is 16.5. The molecule has 29 heavy (non-hydrogen) atoms. The fourth-order valence-electron chi connectivity index (χ4n) is 3.04. The van der Waals surface area contributed by atoms with E-state index in [0.29, 0.717) is 30.8 Å². The molecule has 1 aromatic heterocycles. The second kappa shape index (κ2) is 9.68. The standard InChI is InChI=1S/C23H25N3O3/c1-17(27)18-10-12-20(13-11-18)29-16-6-9-21(28)25-22(19-7-4-3-5-8-19)23-24-14-15-26(23)2/h3-5,7-8,10-15,22H,6,9,16H2,1-2H3,(H,25,28)/t22-/m1/s1. The Kier molecular flexibility index (Phi) is 6.79. The number of amides is 1. The molecule has 0 radical (unpaired) electrons. The predicted molar refractivity (Wildman–Crippen MR) is 111 cm³/mol. The first-order valence-corrected chi connectivity index (χ1v) is 9.60. The van der Waals surface area contributed by atoms with Crippen LogP contribution in [0.3, 0.4) is 0 Å². The minimum absolute atomic E-state index is 0.0221. The van der Waals surface area contributed by atoms with Crippen LogP contribution in [0.4, 0.5) is 0 Å². The Balaban J connectivity index is 1.53. The number of nitrogens with zero attached hydrogens (tertiary/aromatic N) is 2. The van der Waals surface area contributed by atoms with Crippen LogP contribution in [0.25, 0.3) is 0 Å². The van der Waals surface area contributed by atoms with Gasteiger partial charge in [0.1, 0.15) is 17.6 Å². The van der Waals surface area contributed by atoms with Crippen LogP contribution in [0.5, 0.6) is 5.75 Å². The molecule has 1 N–H and O–H groups in total. The average Bonchev–Trinajstić information content (AvgIpc) is 3.16. The summed E-state index contributed by atoms with van der Waals surface area (Å²) in [4.78, 5) is 28.2.